The number of guanidine groups is 1. The van der Waals surface area contributed by atoms with Crippen LogP contribution in [0.1, 0.15) is 46.0 Å². The number of anilines is 1. The number of unbranched alkanes of at least 4 members (excludes halogenated alkanes) is 3. The lowest BCUT2D eigenvalue weighted by atomic mass is 10.1. The number of benzene rings is 1. The van der Waals surface area contributed by atoms with Gasteiger partial charge in [0, 0.05) is 38.5 Å². The molecule has 0 bridgehead atoms. The number of nitro groups is 1. The number of nitrogens with one attached hydrogen (secondary N) is 3. The van der Waals surface area contributed by atoms with E-state index in [9.17, 15) is 18.5 Å². The Morgan fingerprint density at radius 2 is 1.97 bits per heavy atom. The van der Waals surface area contributed by atoms with E-state index in [2.05, 4.69) is 34.8 Å². The number of hydrogen-bond donors (Lipinski definition) is 3. The van der Waals surface area contributed by atoms with Crippen molar-refractivity contribution in [3.05, 3.63) is 28.3 Å². The van der Waals surface area contributed by atoms with Gasteiger partial charge in [-0.15, -0.1) is 0 Å². The highest BCUT2D eigenvalue weighted by Gasteiger charge is 2.18. The van der Waals surface area contributed by atoms with Crippen molar-refractivity contribution in [2.75, 3.05) is 31.7 Å². The van der Waals surface area contributed by atoms with Gasteiger partial charge in [0.2, 0.25) is 0 Å². The summed E-state index contributed by atoms with van der Waals surface area (Å²) in [5.41, 5.74) is 0.00701. The van der Waals surface area contributed by atoms with E-state index >= 15 is 0 Å². The normalized spacial score (nSPS) is 13.0. The molecule has 0 saturated carbocycles. The third-order valence-corrected chi connectivity index (χ3v) is 5.53. The van der Waals surface area contributed by atoms with Gasteiger partial charge in [-0.25, -0.2) is 8.42 Å². The molecule has 0 heterocycles. The predicted octanol–water partition coefficient (Wildman–Crippen LogP) is 2.93. The average Bonchev–Trinajstić information content (AvgIpc) is 2.66. The van der Waals surface area contributed by atoms with Gasteiger partial charge in [-0.1, -0.05) is 32.6 Å². The number of nitro benzene ring substituents is 1. The first-order valence-electron chi connectivity index (χ1n) is 9.88. The molecule has 29 heavy (non-hydrogen) atoms. The molecule has 0 saturated heterocycles. The predicted molar refractivity (Wildman–Crippen MR) is 117 cm³/mol. The van der Waals surface area contributed by atoms with Crippen LogP contribution in [0.4, 0.5) is 11.4 Å². The average molecular weight is 428 g/mol. The minimum Gasteiger partial charge on any atom is -0.378 e. The lowest BCUT2D eigenvalue weighted by Crippen LogP contribution is -2.43. The highest BCUT2D eigenvalue weighted by molar-refractivity contribution is 7.90. The van der Waals surface area contributed by atoms with E-state index in [4.69, 9.17) is 0 Å². The van der Waals surface area contributed by atoms with Gasteiger partial charge in [0.15, 0.2) is 15.8 Å². The zero-order valence-corrected chi connectivity index (χ0v) is 18.5. The van der Waals surface area contributed by atoms with Gasteiger partial charge in [-0.2, -0.15) is 0 Å². The molecule has 1 atom stereocenters. The molecule has 0 aliphatic rings. The van der Waals surface area contributed by atoms with E-state index in [0.29, 0.717) is 25.1 Å². The van der Waals surface area contributed by atoms with Crippen molar-refractivity contribution in [2.45, 2.75) is 56.9 Å². The first-order valence-corrected chi connectivity index (χ1v) is 11.8. The van der Waals surface area contributed by atoms with Gasteiger partial charge in [-0.05, 0) is 25.5 Å². The van der Waals surface area contributed by atoms with E-state index in [1.807, 2.05) is 0 Å². The third-order valence-electron chi connectivity index (χ3n) is 4.42. The van der Waals surface area contributed by atoms with Crippen molar-refractivity contribution in [1.29, 1.82) is 0 Å². The van der Waals surface area contributed by atoms with Crippen LogP contribution in [-0.4, -0.2) is 51.7 Å². The molecule has 0 aliphatic carbocycles. The molecular weight excluding hydrogens is 394 g/mol. The summed E-state index contributed by atoms with van der Waals surface area (Å²) in [5, 5.41) is 20.7. The lowest BCUT2D eigenvalue weighted by Gasteiger charge is -2.18. The van der Waals surface area contributed by atoms with Gasteiger partial charge in [-0.3, -0.25) is 15.1 Å². The van der Waals surface area contributed by atoms with Crippen molar-refractivity contribution in [3.63, 3.8) is 0 Å². The lowest BCUT2D eigenvalue weighted by molar-refractivity contribution is -0.384. The highest BCUT2D eigenvalue weighted by atomic mass is 32.2. The molecular formula is C19H33N5O4S. The third kappa shape index (κ3) is 9.12. The summed E-state index contributed by atoms with van der Waals surface area (Å²) in [6.07, 6.45) is 6.96. The number of hydrogen-bond acceptors (Lipinski definition) is 6. The van der Waals surface area contributed by atoms with Crippen LogP contribution in [0.3, 0.4) is 0 Å². The second-order valence-electron chi connectivity index (χ2n) is 7.03. The fourth-order valence-electron chi connectivity index (χ4n) is 2.80. The van der Waals surface area contributed by atoms with Crippen molar-refractivity contribution in [3.8, 4) is 0 Å². The molecule has 164 valence electrons. The number of aliphatic imine (C=N–C) groups is 1. The largest absolute Gasteiger partial charge is 0.378 e. The van der Waals surface area contributed by atoms with E-state index in [1.54, 1.807) is 7.05 Å². The van der Waals surface area contributed by atoms with Crippen LogP contribution in [0.5, 0.6) is 0 Å². The number of rotatable bonds is 12. The maximum Gasteiger partial charge on any atom is 0.293 e. The van der Waals surface area contributed by atoms with Crippen LogP contribution in [0.25, 0.3) is 0 Å². The Bertz CT molecular complexity index is 796. The highest BCUT2D eigenvalue weighted by Crippen LogP contribution is 2.27. The molecule has 1 rings (SSSR count). The molecule has 3 N–H and O–H groups in total. The smallest absolute Gasteiger partial charge is 0.293 e. The summed E-state index contributed by atoms with van der Waals surface area (Å²) in [4.78, 5) is 14.8. The Balaban J connectivity index is 2.53. The maximum atomic E-state index is 11.6. The Morgan fingerprint density at radius 1 is 1.24 bits per heavy atom. The van der Waals surface area contributed by atoms with Crippen LogP contribution in [0.15, 0.2) is 28.1 Å². The molecule has 1 aromatic carbocycles. The molecule has 10 heteroatoms. The molecule has 0 spiro atoms. The molecule has 1 unspecified atom stereocenters. The fourth-order valence-corrected chi connectivity index (χ4v) is 3.44. The van der Waals surface area contributed by atoms with Crippen molar-refractivity contribution in [2.24, 2.45) is 4.99 Å². The van der Waals surface area contributed by atoms with Crippen molar-refractivity contribution >= 4 is 27.2 Å². The first kappa shape index (κ1) is 24.7. The summed E-state index contributed by atoms with van der Waals surface area (Å²) < 4.78 is 23.2. The zero-order chi connectivity index (χ0) is 21.9. The maximum absolute atomic E-state index is 11.6. The Hall–Kier alpha value is -2.36. The molecule has 1 aromatic rings. The Kier molecular flexibility index (Phi) is 10.4. The van der Waals surface area contributed by atoms with E-state index < -0.39 is 14.8 Å². The van der Waals surface area contributed by atoms with Crippen LogP contribution >= 0.6 is 0 Å². The van der Waals surface area contributed by atoms with Crippen molar-refractivity contribution < 1.29 is 13.3 Å². The Morgan fingerprint density at radius 3 is 2.55 bits per heavy atom. The van der Waals surface area contributed by atoms with Gasteiger partial charge in [0.1, 0.15) is 5.69 Å². The van der Waals surface area contributed by atoms with Crippen LogP contribution in [0.2, 0.25) is 0 Å². The van der Waals surface area contributed by atoms with Gasteiger partial charge in [0.25, 0.3) is 5.69 Å². The quantitative estimate of drug-likeness (QED) is 0.154. The van der Waals surface area contributed by atoms with Gasteiger partial charge in [0.05, 0.1) is 9.82 Å². The van der Waals surface area contributed by atoms with Crippen LogP contribution in [0, 0.1) is 10.1 Å². The SMILES string of the molecule is CCCCCCC(C)NC(=NC)NCCNc1ccc(S(C)(=O)=O)cc1[N+](=O)[O-]. The number of nitrogens with zero attached hydrogens (tertiary/aromatic N) is 2. The second-order valence-corrected chi connectivity index (χ2v) is 9.04. The van der Waals surface area contributed by atoms with Crippen LogP contribution < -0.4 is 16.0 Å². The van der Waals surface area contributed by atoms with E-state index in [-0.39, 0.29) is 16.3 Å². The van der Waals surface area contributed by atoms with Gasteiger partial charge >= 0.3 is 0 Å². The minimum absolute atomic E-state index is 0.0783. The summed E-state index contributed by atoms with van der Waals surface area (Å²) in [6, 6.07) is 4.15. The van der Waals surface area contributed by atoms with E-state index in [0.717, 1.165) is 18.7 Å². The standard InChI is InChI=1S/C19H33N5O4S/c1-5-6-7-8-9-15(2)23-19(20-3)22-13-12-21-17-11-10-16(29(4,27)28)14-18(17)24(25)26/h10-11,14-15,21H,5-9,12-13H2,1-4H3,(H2,20,22,23). The van der Waals surface area contributed by atoms with Crippen molar-refractivity contribution in [1.82, 2.24) is 10.6 Å². The van der Waals surface area contributed by atoms with Crippen LogP contribution in [-0.2, 0) is 9.84 Å². The summed E-state index contributed by atoms with van der Waals surface area (Å²) in [6.45, 7) is 5.21. The molecule has 9 nitrogen and oxygen atoms in total. The summed E-state index contributed by atoms with van der Waals surface area (Å²) in [7, 11) is -1.81. The molecule has 0 fully saturated rings. The summed E-state index contributed by atoms with van der Waals surface area (Å²) >= 11 is 0. The minimum atomic E-state index is -3.51. The molecule has 0 aromatic heterocycles. The summed E-state index contributed by atoms with van der Waals surface area (Å²) in [5.74, 6) is 0.678. The first-order chi connectivity index (χ1) is 13.7. The fraction of sp³-hybridized carbons (Fsp3) is 0.632. The Labute approximate surface area is 173 Å². The van der Waals surface area contributed by atoms with Gasteiger partial charge < -0.3 is 16.0 Å². The zero-order valence-electron chi connectivity index (χ0n) is 17.7. The monoisotopic (exact) mass is 427 g/mol. The number of sulfone groups is 1. The molecule has 0 aliphatic heterocycles. The van der Waals surface area contributed by atoms with E-state index in [1.165, 1.54) is 37.8 Å². The second kappa shape index (κ2) is 12.3. The molecule has 0 radical (unpaired) electrons. The topological polar surface area (TPSA) is 126 Å². The molecule has 0 amide bonds.